The standard InChI is InChI=1S/C11H14N2O3/c12-10(14)13(11(15)16)8-4-7-9-5-2-1-3-6-9/h1-3,5-6H,4,7-8H2,(H2,12,14)(H,15,16). The predicted molar refractivity (Wildman–Crippen MR) is 59.1 cm³/mol. The zero-order valence-corrected chi connectivity index (χ0v) is 8.80. The number of amides is 3. The molecule has 5 heteroatoms. The smallest absolute Gasteiger partial charge is 0.415 e. The Morgan fingerprint density at radius 2 is 1.88 bits per heavy atom. The maximum Gasteiger partial charge on any atom is 0.415 e. The number of aryl methyl sites for hydroxylation is 1. The number of hydrogen-bond acceptors (Lipinski definition) is 2. The van der Waals surface area contributed by atoms with Crippen LogP contribution >= 0.6 is 0 Å². The van der Waals surface area contributed by atoms with Gasteiger partial charge in [-0.15, -0.1) is 0 Å². The summed E-state index contributed by atoms with van der Waals surface area (Å²) in [4.78, 5) is 22.0. The maximum absolute atomic E-state index is 10.8. The van der Waals surface area contributed by atoms with Crippen LogP contribution in [-0.2, 0) is 6.42 Å². The Labute approximate surface area is 93.5 Å². The molecule has 16 heavy (non-hydrogen) atoms. The molecule has 86 valence electrons. The van der Waals surface area contributed by atoms with E-state index in [-0.39, 0.29) is 6.54 Å². The molecule has 0 saturated heterocycles. The van der Waals surface area contributed by atoms with Crippen molar-refractivity contribution in [3.05, 3.63) is 35.9 Å². The van der Waals surface area contributed by atoms with Gasteiger partial charge >= 0.3 is 12.1 Å². The van der Waals surface area contributed by atoms with E-state index in [1.807, 2.05) is 30.3 Å². The fourth-order valence-corrected chi connectivity index (χ4v) is 1.39. The summed E-state index contributed by atoms with van der Waals surface area (Å²) in [6, 6.07) is 8.72. The minimum atomic E-state index is -1.31. The van der Waals surface area contributed by atoms with E-state index in [1.165, 1.54) is 0 Å². The van der Waals surface area contributed by atoms with Gasteiger partial charge in [0.15, 0.2) is 0 Å². The molecule has 1 aromatic rings. The van der Waals surface area contributed by atoms with Crippen LogP contribution in [0.2, 0.25) is 0 Å². The van der Waals surface area contributed by atoms with Crippen LogP contribution in [0.5, 0.6) is 0 Å². The van der Waals surface area contributed by atoms with Gasteiger partial charge in [-0.05, 0) is 18.4 Å². The van der Waals surface area contributed by atoms with Crippen molar-refractivity contribution < 1.29 is 14.7 Å². The van der Waals surface area contributed by atoms with Gasteiger partial charge in [0.25, 0.3) is 0 Å². The third-order valence-electron chi connectivity index (χ3n) is 2.19. The molecule has 0 saturated carbocycles. The third kappa shape index (κ3) is 3.61. The topological polar surface area (TPSA) is 83.6 Å². The SMILES string of the molecule is NC(=O)N(CCCc1ccccc1)C(=O)O. The molecule has 0 spiro atoms. The highest BCUT2D eigenvalue weighted by atomic mass is 16.4. The number of carbonyl (C=O) groups is 2. The zero-order valence-electron chi connectivity index (χ0n) is 8.80. The molecule has 0 atom stereocenters. The van der Waals surface area contributed by atoms with Crippen LogP contribution in [0, 0.1) is 0 Å². The van der Waals surface area contributed by atoms with E-state index < -0.39 is 12.1 Å². The number of carboxylic acid groups (broad SMARTS) is 1. The number of primary amides is 1. The van der Waals surface area contributed by atoms with E-state index in [4.69, 9.17) is 10.8 Å². The number of rotatable bonds is 4. The number of hydrogen-bond donors (Lipinski definition) is 2. The summed E-state index contributed by atoms with van der Waals surface area (Å²) in [6.45, 7) is 0.125. The van der Waals surface area contributed by atoms with Gasteiger partial charge in [-0.1, -0.05) is 30.3 Å². The molecule has 0 aliphatic rings. The summed E-state index contributed by atoms with van der Waals surface area (Å²) >= 11 is 0. The normalized spacial score (nSPS) is 9.75. The number of nitrogens with zero attached hydrogens (tertiary/aromatic N) is 1. The highest BCUT2D eigenvalue weighted by Crippen LogP contribution is 2.03. The van der Waals surface area contributed by atoms with Gasteiger partial charge in [-0.25, -0.2) is 14.5 Å². The maximum atomic E-state index is 10.8. The molecule has 0 aliphatic carbocycles. The van der Waals surface area contributed by atoms with Crippen molar-refractivity contribution in [1.29, 1.82) is 0 Å². The first-order valence-corrected chi connectivity index (χ1v) is 4.95. The highest BCUT2D eigenvalue weighted by molar-refractivity contribution is 5.88. The van der Waals surface area contributed by atoms with Crippen molar-refractivity contribution in [2.45, 2.75) is 12.8 Å². The molecule has 0 aliphatic heterocycles. The number of benzene rings is 1. The Kier molecular flexibility index (Phi) is 4.32. The van der Waals surface area contributed by atoms with Gasteiger partial charge in [-0.3, -0.25) is 0 Å². The monoisotopic (exact) mass is 222 g/mol. The van der Waals surface area contributed by atoms with E-state index in [0.29, 0.717) is 11.3 Å². The first kappa shape index (κ1) is 12.0. The highest BCUT2D eigenvalue weighted by Gasteiger charge is 2.16. The first-order valence-electron chi connectivity index (χ1n) is 4.95. The van der Waals surface area contributed by atoms with Crippen LogP contribution in [-0.4, -0.2) is 28.7 Å². The fourth-order valence-electron chi connectivity index (χ4n) is 1.39. The van der Waals surface area contributed by atoms with Crippen LogP contribution in [0.15, 0.2) is 30.3 Å². The zero-order chi connectivity index (χ0) is 12.0. The van der Waals surface area contributed by atoms with Crippen molar-refractivity contribution in [3.63, 3.8) is 0 Å². The molecule has 1 rings (SSSR count). The molecule has 3 N–H and O–H groups in total. The molecule has 0 radical (unpaired) electrons. The Bertz CT molecular complexity index is 351. The summed E-state index contributed by atoms with van der Waals surface area (Å²) in [7, 11) is 0. The van der Waals surface area contributed by atoms with Gasteiger partial charge in [-0.2, -0.15) is 0 Å². The molecular formula is C11H14N2O3. The van der Waals surface area contributed by atoms with Gasteiger partial charge in [0.2, 0.25) is 0 Å². The van der Waals surface area contributed by atoms with Crippen LogP contribution in [0.25, 0.3) is 0 Å². The van der Waals surface area contributed by atoms with Crippen molar-refractivity contribution >= 4 is 12.1 Å². The summed E-state index contributed by atoms with van der Waals surface area (Å²) in [6.07, 6.45) is -0.0162. The molecular weight excluding hydrogens is 208 g/mol. The predicted octanol–water partition coefficient (Wildman–Crippen LogP) is 1.68. The number of imide groups is 1. The quantitative estimate of drug-likeness (QED) is 0.812. The lowest BCUT2D eigenvalue weighted by molar-refractivity contribution is 0.151. The second-order valence-electron chi connectivity index (χ2n) is 3.36. The largest absolute Gasteiger partial charge is 0.465 e. The lowest BCUT2D eigenvalue weighted by Gasteiger charge is -2.13. The van der Waals surface area contributed by atoms with Crippen molar-refractivity contribution in [3.8, 4) is 0 Å². The van der Waals surface area contributed by atoms with Crippen LogP contribution in [0.4, 0.5) is 9.59 Å². The minimum absolute atomic E-state index is 0.125. The Morgan fingerprint density at radius 3 is 2.38 bits per heavy atom. The van der Waals surface area contributed by atoms with Crippen LogP contribution in [0.1, 0.15) is 12.0 Å². The summed E-state index contributed by atoms with van der Waals surface area (Å²) in [5.41, 5.74) is 6.03. The molecule has 0 heterocycles. The van der Waals surface area contributed by atoms with Gasteiger partial charge in [0.05, 0.1) is 0 Å². The van der Waals surface area contributed by atoms with Crippen molar-refractivity contribution in [2.24, 2.45) is 5.73 Å². The van der Waals surface area contributed by atoms with E-state index in [0.717, 1.165) is 12.0 Å². The van der Waals surface area contributed by atoms with Gasteiger partial charge < -0.3 is 10.8 Å². The molecule has 1 aromatic carbocycles. The molecule has 0 unspecified atom stereocenters. The minimum Gasteiger partial charge on any atom is -0.465 e. The number of nitrogens with two attached hydrogens (primary N) is 1. The second-order valence-corrected chi connectivity index (χ2v) is 3.36. The third-order valence-corrected chi connectivity index (χ3v) is 2.19. The average Bonchev–Trinajstić information content (AvgIpc) is 2.24. The fraction of sp³-hybridized carbons (Fsp3) is 0.273. The summed E-state index contributed by atoms with van der Waals surface area (Å²) in [5.74, 6) is 0. The van der Waals surface area contributed by atoms with Gasteiger partial charge in [0, 0.05) is 6.54 Å². The van der Waals surface area contributed by atoms with E-state index in [1.54, 1.807) is 0 Å². The average molecular weight is 222 g/mol. The summed E-state index contributed by atoms with van der Waals surface area (Å²) in [5, 5.41) is 8.67. The lowest BCUT2D eigenvalue weighted by atomic mass is 10.1. The van der Waals surface area contributed by atoms with Crippen molar-refractivity contribution in [2.75, 3.05) is 6.54 Å². The Hall–Kier alpha value is -2.04. The second kappa shape index (κ2) is 5.75. The number of carbonyl (C=O) groups excluding carboxylic acids is 1. The van der Waals surface area contributed by atoms with E-state index in [2.05, 4.69) is 0 Å². The molecule has 5 nitrogen and oxygen atoms in total. The van der Waals surface area contributed by atoms with E-state index >= 15 is 0 Å². The van der Waals surface area contributed by atoms with Crippen molar-refractivity contribution in [1.82, 2.24) is 4.90 Å². The van der Waals surface area contributed by atoms with E-state index in [9.17, 15) is 9.59 Å². The molecule has 0 aromatic heterocycles. The molecule has 3 amide bonds. The Balaban J connectivity index is 2.40. The number of urea groups is 1. The van der Waals surface area contributed by atoms with Gasteiger partial charge in [0.1, 0.15) is 0 Å². The Morgan fingerprint density at radius 1 is 1.25 bits per heavy atom. The first-order chi connectivity index (χ1) is 7.61. The van der Waals surface area contributed by atoms with Crippen LogP contribution in [0.3, 0.4) is 0 Å². The molecule has 0 fully saturated rings. The van der Waals surface area contributed by atoms with Crippen LogP contribution < -0.4 is 5.73 Å². The molecule has 0 bridgehead atoms. The summed E-state index contributed by atoms with van der Waals surface area (Å²) < 4.78 is 0. The lowest BCUT2D eigenvalue weighted by Crippen LogP contribution is -2.40.